The van der Waals surface area contributed by atoms with Crippen molar-refractivity contribution in [2.75, 3.05) is 13.1 Å². The van der Waals surface area contributed by atoms with Crippen LogP contribution in [0.15, 0.2) is 0 Å². The van der Waals surface area contributed by atoms with Gasteiger partial charge >= 0.3 is 6.18 Å². The first kappa shape index (κ1) is 14.2. The smallest absolute Gasteiger partial charge is 0.316 e. The Kier molecular flexibility index (Phi) is 4.25. The molecule has 1 heterocycles. The van der Waals surface area contributed by atoms with Crippen molar-refractivity contribution in [2.45, 2.75) is 58.0 Å². The minimum atomic E-state index is -4.04. The van der Waals surface area contributed by atoms with E-state index in [0.29, 0.717) is 12.3 Å². The van der Waals surface area contributed by atoms with E-state index in [4.69, 9.17) is 0 Å². The monoisotopic (exact) mass is 263 g/mol. The maximum Gasteiger partial charge on any atom is 0.393 e. The van der Waals surface area contributed by atoms with Crippen LogP contribution >= 0.6 is 0 Å². The van der Waals surface area contributed by atoms with Gasteiger partial charge in [-0.3, -0.25) is 0 Å². The lowest BCUT2D eigenvalue weighted by molar-refractivity contribution is -0.174. The lowest BCUT2D eigenvalue weighted by Gasteiger charge is -2.39. The van der Waals surface area contributed by atoms with E-state index < -0.39 is 12.1 Å². The summed E-state index contributed by atoms with van der Waals surface area (Å²) in [5.74, 6) is -0.534. The fourth-order valence-electron chi connectivity index (χ4n) is 3.65. The van der Waals surface area contributed by atoms with Crippen molar-refractivity contribution in [1.82, 2.24) is 5.32 Å². The van der Waals surface area contributed by atoms with Crippen molar-refractivity contribution in [3.8, 4) is 0 Å². The molecule has 1 aliphatic carbocycles. The third-order valence-electron chi connectivity index (χ3n) is 5.04. The normalized spacial score (nSPS) is 36.3. The SMILES string of the molecule is CC1(C2CCCCC2)CCC(C(F)(F)F)CNC1. The van der Waals surface area contributed by atoms with E-state index in [2.05, 4.69) is 12.2 Å². The molecule has 0 amide bonds. The van der Waals surface area contributed by atoms with Gasteiger partial charge in [-0.1, -0.05) is 26.2 Å². The summed E-state index contributed by atoms with van der Waals surface area (Å²) in [6.07, 6.45) is 3.18. The molecule has 18 heavy (non-hydrogen) atoms. The fraction of sp³-hybridized carbons (Fsp3) is 1.00. The van der Waals surface area contributed by atoms with Crippen LogP contribution in [-0.2, 0) is 0 Å². The first-order chi connectivity index (χ1) is 8.42. The van der Waals surface area contributed by atoms with E-state index in [-0.39, 0.29) is 12.0 Å². The number of halogens is 3. The van der Waals surface area contributed by atoms with E-state index >= 15 is 0 Å². The standard InChI is InChI=1S/C14H24F3N/c1-13(11-5-3-2-4-6-11)8-7-12(9-18-10-13)14(15,16)17/h11-12,18H,2-10H2,1H3. The van der Waals surface area contributed by atoms with Crippen LogP contribution in [0.3, 0.4) is 0 Å². The van der Waals surface area contributed by atoms with Crippen LogP contribution in [0.5, 0.6) is 0 Å². The zero-order valence-electron chi connectivity index (χ0n) is 11.2. The molecule has 0 aromatic heterocycles. The summed E-state index contributed by atoms with van der Waals surface area (Å²) in [5.41, 5.74) is 0.0699. The summed E-state index contributed by atoms with van der Waals surface area (Å²) < 4.78 is 38.3. The maximum absolute atomic E-state index is 12.8. The molecule has 1 aliphatic heterocycles. The van der Waals surface area contributed by atoms with Crippen molar-refractivity contribution < 1.29 is 13.2 Å². The van der Waals surface area contributed by atoms with E-state index in [1.165, 1.54) is 32.1 Å². The van der Waals surface area contributed by atoms with Crippen molar-refractivity contribution in [2.24, 2.45) is 17.3 Å². The predicted octanol–water partition coefficient (Wildman–Crippen LogP) is 4.13. The van der Waals surface area contributed by atoms with Gasteiger partial charge in [-0.15, -0.1) is 0 Å². The summed E-state index contributed by atoms with van der Waals surface area (Å²) in [7, 11) is 0. The number of rotatable bonds is 1. The van der Waals surface area contributed by atoms with Gasteiger partial charge in [0.1, 0.15) is 0 Å². The Labute approximate surface area is 108 Å². The van der Waals surface area contributed by atoms with E-state index in [1.54, 1.807) is 0 Å². The average molecular weight is 263 g/mol. The van der Waals surface area contributed by atoms with E-state index in [9.17, 15) is 13.2 Å². The van der Waals surface area contributed by atoms with Crippen LogP contribution in [0.2, 0.25) is 0 Å². The molecule has 2 aliphatic rings. The molecule has 106 valence electrons. The minimum absolute atomic E-state index is 0.0699. The molecule has 4 heteroatoms. The Morgan fingerprint density at radius 2 is 1.72 bits per heavy atom. The summed E-state index contributed by atoms with van der Waals surface area (Å²) in [6, 6.07) is 0. The third-order valence-corrected chi connectivity index (χ3v) is 5.04. The van der Waals surface area contributed by atoms with Crippen LogP contribution in [0.25, 0.3) is 0 Å². The predicted molar refractivity (Wildman–Crippen MR) is 66.3 cm³/mol. The molecular formula is C14H24F3N. The molecule has 2 rings (SSSR count). The first-order valence-electron chi connectivity index (χ1n) is 7.19. The Morgan fingerprint density at radius 3 is 2.33 bits per heavy atom. The second-order valence-corrected chi connectivity index (χ2v) is 6.40. The van der Waals surface area contributed by atoms with E-state index in [1.807, 2.05) is 0 Å². The Hall–Kier alpha value is -0.250. The number of alkyl halides is 3. The van der Waals surface area contributed by atoms with Gasteiger partial charge in [-0.25, -0.2) is 0 Å². The maximum atomic E-state index is 12.8. The molecule has 0 radical (unpaired) electrons. The van der Waals surface area contributed by atoms with Crippen molar-refractivity contribution in [3.63, 3.8) is 0 Å². The highest BCUT2D eigenvalue weighted by Gasteiger charge is 2.44. The quantitative estimate of drug-likeness (QED) is 0.750. The molecule has 1 N–H and O–H groups in total. The highest BCUT2D eigenvalue weighted by atomic mass is 19.4. The van der Waals surface area contributed by atoms with Gasteiger partial charge in [-0.2, -0.15) is 13.2 Å². The molecule has 0 bridgehead atoms. The Morgan fingerprint density at radius 1 is 1.06 bits per heavy atom. The van der Waals surface area contributed by atoms with Crippen molar-refractivity contribution in [3.05, 3.63) is 0 Å². The van der Waals surface area contributed by atoms with Gasteiger partial charge in [0, 0.05) is 13.1 Å². The molecule has 1 nitrogen and oxygen atoms in total. The second kappa shape index (κ2) is 5.40. The fourth-order valence-corrected chi connectivity index (χ4v) is 3.65. The molecule has 2 atom stereocenters. The summed E-state index contributed by atoms with van der Waals surface area (Å²) in [4.78, 5) is 0. The molecule has 2 fully saturated rings. The van der Waals surface area contributed by atoms with Crippen LogP contribution < -0.4 is 5.32 Å². The van der Waals surface area contributed by atoms with Crippen molar-refractivity contribution >= 4 is 0 Å². The van der Waals surface area contributed by atoms with Crippen LogP contribution in [0.4, 0.5) is 13.2 Å². The molecule has 1 saturated heterocycles. The van der Waals surface area contributed by atoms with Gasteiger partial charge in [0.2, 0.25) is 0 Å². The Balaban J connectivity index is 1.98. The van der Waals surface area contributed by atoms with Crippen LogP contribution in [0, 0.1) is 17.3 Å². The second-order valence-electron chi connectivity index (χ2n) is 6.40. The molecule has 0 spiro atoms. The number of hydrogen-bond donors (Lipinski definition) is 1. The molecule has 1 saturated carbocycles. The molecule has 0 aromatic rings. The van der Waals surface area contributed by atoms with Gasteiger partial charge in [0.25, 0.3) is 0 Å². The summed E-state index contributed by atoms with van der Waals surface area (Å²) in [6.45, 7) is 3.05. The van der Waals surface area contributed by atoms with Gasteiger partial charge < -0.3 is 5.32 Å². The van der Waals surface area contributed by atoms with Crippen molar-refractivity contribution in [1.29, 1.82) is 0 Å². The molecule has 0 aromatic carbocycles. The largest absolute Gasteiger partial charge is 0.393 e. The average Bonchev–Trinajstić information content (AvgIpc) is 2.53. The molecular weight excluding hydrogens is 239 g/mol. The van der Waals surface area contributed by atoms with Gasteiger partial charge in [0.05, 0.1) is 5.92 Å². The molecule has 2 unspecified atom stereocenters. The zero-order valence-corrected chi connectivity index (χ0v) is 11.2. The third kappa shape index (κ3) is 3.19. The Bertz CT molecular complexity index is 271. The summed E-state index contributed by atoms with van der Waals surface area (Å²) >= 11 is 0. The number of nitrogens with one attached hydrogen (secondary N) is 1. The summed E-state index contributed by atoms with van der Waals surface area (Å²) in [5, 5.41) is 3.07. The highest BCUT2D eigenvalue weighted by Crippen LogP contribution is 2.44. The highest BCUT2D eigenvalue weighted by molar-refractivity contribution is 4.90. The van der Waals surface area contributed by atoms with E-state index in [0.717, 1.165) is 13.0 Å². The van der Waals surface area contributed by atoms with Crippen LogP contribution in [0.1, 0.15) is 51.9 Å². The first-order valence-corrected chi connectivity index (χ1v) is 7.19. The lowest BCUT2D eigenvalue weighted by atomic mass is 9.67. The van der Waals surface area contributed by atoms with Gasteiger partial charge in [0.15, 0.2) is 0 Å². The lowest BCUT2D eigenvalue weighted by Crippen LogP contribution is -2.38. The zero-order chi connectivity index (χ0) is 13.2. The van der Waals surface area contributed by atoms with Crippen LogP contribution in [-0.4, -0.2) is 19.3 Å². The number of hydrogen-bond acceptors (Lipinski definition) is 1. The minimum Gasteiger partial charge on any atom is -0.316 e. The topological polar surface area (TPSA) is 12.0 Å². The van der Waals surface area contributed by atoms with Gasteiger partial charge in [-0.05, 0) is 37.0 Å².